The molecular formula is C52H66N6O12. The van der Waals surface area contributed by atoms with E-state index in [2.05, 4.69) is 26.3 Å². The normalized spacial score (nSPS) is 21.8. The van der Waals surface area contributed by atoms with Crippen molar-refractivity contribution < 1.29 is 58.4 Å². The summed E-state index contributed by atoms with van der Waals surface area (Å²) in [6.07, 6.45) is -1.71. The predicted octanol–water partition coefficient (Wildman–Crippen LogP) is 4.29. The van der Waals surface area contributed by atoms with Crippen LogP contribution in [-0.2, 0) is 57.6 Å². The zero-order valence-corrected chi connectivity index (χ0v) is 40.4. The number of H-pyrrole nitrogens is 1. The number of nitrogens with zero attached hydrogens (tertiary/aromatic N) is 1. The minimum atomic E-state index is -1.64. The van der Waals surface area contributed by atoms with Crippen LogP contribution >= 0.6 is 0 Å². The zero-order chi connectivity index (χ0) is 51.1. The molecule has 1 saturated heterocycles. The fourth-order valence-corrected chi connectivity index (χ4v) is 8.56. The summed E-state index contributed by atoms with van der Waals surface area (Å²) in [5.74, 6) is -7.99. The average Bonchev–Trinajstić information content (AvgIpc) is 3.71. The molecule has 2 heterocycles. The number of ether oxygens (including phenoxy) is 1. The number of aliphatic hydroxyl groups is 1. The Bertz CT molecular complexity index is 2470. The van der Waals surface area contributed by atoms with E-state index in [1.54, 1.807) is 69.4 Å². The van der Waals surface area contributed by atoms with Crippen molar-refractivity contribution in [2.75, 3.05) is 13.6 Å². The van der Waals surface area contributed by atoms with Crippen molar-refractivity contribution in [3.05, 3.63) is 102 Å². The van der Waals surface area contributed by atoms with Gasteiger partial charge in [-0.1, -0.05) is 67.1 Å². The molecule has 7 atom stereocenters. The minimum Gasteiger partial charge on any atom is -0.508 e. The van der Waals surface area contributed by atoms with Gasteiger partial charge in [-0.3, -0.25) is 33.6 Å². The molecule has 1 aliphatic heterocycles. The van der Waals surface area contributed by atoms with Gasteiger partial charge in [0.15, 0.2) is 11.6 Å². The van der Waals surface area contributed by atoms with Crippen molar-refractivity contribution >= 4 is 58.2 Å². The van der Waals surface area contributed by atoms with Crippen LogP contribution in [0.1, 0.15) is 89.3 Å². The highest BCUT2D eigenvalue weighted by molar-refractivity contribution is 5.99. The quantitative estimate of drug-likeness (QED) is 0.0776. The van der Waals surface area contributed by atoms with E-state index in [9.17, 15) is 53.7 Å². The maximum absolute atomic E-state index is 14.8. The van der Waals surface area contributed by atoms with Gasteiger partial charge in [-0.25, -0.2) is 4.79 Å². The molecule has 8 N–H and O–H groups in total. The Morgan fingerprint density at radius 1 is 0.757 bits per heavy atom. The Kier molecular flexibility index (Phi) is 19.2. The lowest BCUT2D eigenvalue weighted by atomic mass is 9.87. The van der Waals surface area contributed by atoms with Crippen LogP contribution in [0.5, 0.6) is 5.75 Å². The van der Waals surface area contributed by atoms with Crippen LogP contribution < -0.4 is 21.3 Å². The summed E-state index contributed by atoms with van der Waals surface area (Å²) >= 11 is 0. The van der Waals surface area contributed by atoms with Gasteiger partial charge in [-0.05, 0) is 88.3 Å². The van der Waals surface area contributed by atoms with E-state index in [4.69, 9.17) is 4.74 Å². The number of rotatable bonds is 15. The number of hydrogen-bond acceptors (Lipinski definition) is 11. The molecule has 18 nitrogen and oxygen atoms in total. The SMILES string of the molecule is C[C@@H](O)[C@@H]1NC(=O)[C@H](CCCCNC(=O)OC(C)(C)C)CC(=O)[C@@H](Cc2c[nH]c3ccccc23)NC(=O)[C@H](Cc2ccc(O)cc2)CC(=O)[C@H](CCC(=O)O)N(C)C(=O)[C@H](Cc2ccccc2)NC1=O. The Morgan fingerprint density at radius 2 is 1.39 bits per heavy atom. The Balaban J connectivity index is 1.59. The van der Waals surface area contributed by atoms with Crippen LogP contribution in [0.4, 0.5) is 4.79 Å². The van der Waals surface area contributed by atoms with Gasteiger partial charge < -0.3 is 51.2 Å². The Labute approximate surface area is 407 Å². The number of aromatic hydroxyl groups is 1. The number of unbranched alkanes of at least 4 members (excludes halogenated alkanes) is 1. The number of nitrogens with one attached hydrogen (secondary N) is 5. The fraction of sp³-hybridized carbons (Fsp3) is 0.462. The number of aliphatic hydroxyl groups excluding tert-OH is 1. The first kappa shape index (κ1) is 53.9. The molecule has 3 aromatic carbocycles. The lowest BCUT2D eigenvalue weighted by molar-refractivity contribution is -0.144. The molecule has 18 heteroatoms. The third kappa shape index (κ3) is 16.0. The predicted molar refractivity (Wildman–Crippen MR) is 259 cm³/mol. The molecule has 0 spiro atoms. The van der Waals surface area contributed by atoms with E-state index < -0.39 is 114 Å². The second-order valence-electron chi connectivity index (χ2n) is 19.0. The average molecular weight is 967 g/mol. The highest BCUT2D eigenvalue weighted by atomic mass is 16.6. The Morgan fingerprint density at radius 3 is 2.06 bits per heavy atom. The van der Waals surface area contributed by atoms with Crippen molar-refractivity contribution in [3.8, 4) is 5.75 Å². The number of alkyl carbamates (subject to hydrolysis) is 1. The fourth-order valence-electron chi connectivity index (χ4n) is 8.56. The molecular weight excluding hydrogens is 901 g/mol. The summed E-state index contributed by atoms with van der Waals surface area (Å²) < 4.78 is 5.33. The minimum absolute atomic E-state index is 0.0391. The number of benzene rings is 3. The molecule has 70 heavy (non-hydrogen) atoms. The monoisotopic (exact) mass is 966 g/mol. The maximum Gasteiger partial charge on any atom is 0.407 e. The lowest BCUT2D eigenvalue weighted by Gasteiger charge is -2.33. The number of fused-ring (bicyclic) bond motifs is 1. The van der Waals surface area contributed by atoms with Crippen LogP contribution in [0.3, 0.4) is 0 Å². The third-order valence-corrected chi connectivity index (χ3v) is 12.3. The van der Waals surface area contributed by atoms with Crippen LogP contribution in [-0.4, -0.2) is 122 Å². The first-order valence-electron chi connectivity index (χ1n) is 23.7. The number of phenolic OH excluding ortho intramolecular Hbond substituents is 1. The van der Waals surface area contributed by atoms with Gasteiger partial charge in [-0.15, -0.1) is 0 Å². The number of carboxylic acid groups (broad SMARTS) is 1. The number of carboxylic acids is 1. The highest BCUT2D eigenvalue weighted by Crippen LogP contribution is 2.25. The van der Waals surface area contributed by atoms with Crippen molar-refractivity contribution in [1.29, 1.82) is 0 Å². The molecule has 1 fully saturated rings. The van der Waals surface area contributed by atoms with E-state index in [1.807, 2.05) is 24.3 Å². The number of amides is 5. The number of aromatic nitrogens is 1. The first-order valence-corrected chi connectivity index (χ1v) is 23.7. The second-order valence-corrected chi connectivity index (χ2v) is 19.0. The van der Waals surface area contributed by atoms with Crippen molar-refractivity contribution in [2.45, 2.75) is 128 Å². The standard InChI is InChI=1S/C52H66N6O12/c1-31(59)46-49(67)56-41(26-32-13-7-6-8-14-32)50(68)58(5)42(22-23-45(63)64)44(62)29-35(25-33-18-20-37(60)21-19-33)48(66)55-40(27-36-30-54-39-17-10-9-16-38(36)39)43(61)28-34(47(65)57-46)15-11-12-24-53-51(69)70-52(2,3)4/h6-10,13-14,16-21,30-31,34-35,40-42,46,54,59-60H,11-12,15,22-29H2,1-5H3,(H,53,69)(H,55,66)(H,56,67)(H,57,65)(H,63,64)/t31-,34-,35-,40-,41+,42+,46+/m1/s1. The van der Waals surface area contributed by atoms with Gasteiger partial charge in [0.05, 0.1) is 18.2 Å². The zero-order valence-electron chi connectivity index (χ0n) is 40.4. The summed E-state index contributed by atoms with van der Waals surface area (Å²) in [5, 5.41) is 42.5. The second kappa shape index (κ2) is 25.0. The van der Waals surface area contributed by atoms with Gasteiger partial charge in [-0.2, -0.15) is 0 Å². The first-order chi connectivity index (χ1) is 33.2. The summed E-state index contributed by atoms with van der Waals surface area (Å²) in [6.45, 7) is 6.64. The number of ketones is 2. The van der Waals surface area contributed by atoms with Crippen molar-refractivity contribution in [3.63, 3.8) is 0 Å². The third-order valence-electron chi connectivity index (χ3n) is 12.3. The maximum atomic E-state index is 14.8. The van der Waals surface area contributed by atoms with E-state index in [1.165, 1.54) is 26.1 Å². The van der Waals surface area contributed by atoms with Crippen LogP contribution in [0.15, 0.2) is 85.1 Å². The van der Waals surface area contributed by atoms with Gasteiger partial charge in [0.25, 0.3) is 0 Å². The molecule has 4 aromatic rings. The number of carbonyl (C=O) groups is 8. The van der Waals surface area contributed by atoms with E-state index in [0.717, 1.165) is 15.8 Å². The number of likely N-dealkylation sites (N-methyl/N-ethyl adjacent to an activating group) is 1. The summed E-state index contributed by atoms with van der Waals surface area (Å²) in [5.41, 5.74) is 1.86. The van der Waals surface area contributed by atoms with Crippen LogP contribution in [0.25, 0.3) is 10.9 Å². The number of hydrogen-bond donors (Lipinski definition) is 8. The lowest BCUT2D eigenvalue weighted by Crippen LogP contribution is -2.59. The van der Waals surface area contributed by atoms with E-state index >= 15 is 0 Å². The molecule has 1 aliphatic rings. The molecule has 5 rings (SSSR count). The number of phenols is 1. The van der Waals surface area contributed by atoms with Crippen LogP contribution in [0.2, 0.25) is 0 Å². The summed E-state index contributed by atoms with van der Waals surface area (Å²) in [6, 6.07) is 16.3. The molecule has 0 radical (unpaired) electrons. The van der Waals surface area contributed by atoms with Crippen molar-refractivity contribution in [1.82, 2.24) is 31.2 Å². The summed E-state index contributed by atoms with van der Waals surface area (Å²) in [7, 11) is 1.31. The molecule has 376 valence electrons. The smallest absolute Gasteiger partial charge is 0.407 e. The largest absolute Gasteiger partial charge is 0.508 e. The van der Waals surface area contributed by atoms with Gasteiger partial charge >= 0.3 is 12.1 Å². The van der Waals surface area contributed by atoms with E-state index in [0.29, 0.717) is 29.5 Å². The molecule has 0 bridgehead atoms. The number of aliphatic carboxylic acids is 1. The molecule has 0 aliphatic carbocycles. The summed E-state index contributed by atoms with van der Waals surface area (Å²) in [4.78, 5) is 116. The van der Waals surface area contributed by atoms with Gasteiger partial charge in [0.2, 0.25) is 23.6 Å². The molecule has 0 saturated carbocycles. The van der Waals surface area contributed by atoms with Gasteiger partial charge in [0, 0.05) is 74.6 Å². The number of Topliss-reactive ketones (excluding diaryl/α,β-unsaturated/α-hetero) is 2. The molecule has 0 unspecified atom stereocenters. The molecule has 1 aromatic heterocycles. The topological polar surface area (TPSA) is 274 Å². The number of para-hydroxylation sites is 1. The van der Waals surface area contributed by atoms with E-state index in [-0.39, 0.29) is 44.4 Å². The molecule has 5 amide bonds. The van der Waals surface area contributed by atoms with Crippen molar-refractivity contribution in [2.24, 2.45) is 11.8 Å². The highest BCUT2D eigenvalue weighted by Gasteiger charge is 2.39. The number of carbonyl (C=O) groups excluding carboxylic acids is 7. The van der Waals surface area contributed by atoms with Gasteiger partial charge in [0.1, 0.15) is 23.4 Å². The number of aromatic amines is 1. The Hall–Kier alpha value is -7.08. The van der Waals surface area contributed by atoms with Crippen LogP contribution in [0, 0.1) is 11.8 Å².